The number of quaternary nitrogens is 1. The van der Waals surface area contributed by atoms with Crippen molar-refractivity contribution in [3.8, 4) is 0 Å². The van der Waals surface area contributed by atoms with Gasteiger partial charge in [0.15, 0.2) is 0 Å². The summed E-state index contributed by atoms with van der Waals surface area (Å²) in [5, 5.41) is 0. The minimum Gasteiger partial charge on any atom is -0.420 e. The van der Waals surface area contributed by atoms with Crippen LogP contribution in [0.1, 0.15) is 66.3 Å². The van der Waals surface area contributed by atoms with E-state index in [4.69, 9.17) is 4.74 Å². The summed E-state index contributed by atoms with van der Waals surface area (Å²) in [6.07, 6.45) is -15.5. The van der Waals surface area contributed by atoms with E-state index >= 15 is 0 Å². The first-order chi connectivity index (χ1) is 18.0. The van der Waals surface area contributed by atoms with Crippen LogP contribution in [0.25, 0.3) is 0 Å². The number of hydrogen-bond acceptors (Lipinski definition) is 3. The Morgan fingerprint density at radius 2 is 1.51 bits per heavy atom. The van der Waals surface area contributed by atoms with Crippen molar-refractivity contribution in [3.63, 3.8) is 0 Å². The fraction of sp³-hybridized carbons (Fsp3) is 0.462. The second-order valence-corrected chi connectivity index (χ2v) is 9.23. The maximum atomic E-state index is 13.7. The molecule has 4 nitrogen and oxygen atoms in total. The molecule has 0 radical (unpaired) electrons. The van der Waals surface area contributed by atoms with Crippen LogP contribution in [0, 0.1) is 0 Å². The van der Waals surface area contributed by atoms with Gasteiger partial charge in [0, 0.05) is 36.4 Å². The lowest BCUT2D eigenvalue weighted by Crippen LogP contribution is -3.14. The van der Waals surface area contributed by atoms with Crippen LogP contribution in [-0.4, -0.2) is 32.0 Å². The van der Waals surface area contributed by atoms with Crippen molar-refractivity contribution in [1.82, 2.24) is 0 Å². The minimum atomic E-state index is -5.12. The highest BCUT2D eigenvalue weighted by Crippen LogP contribution is 2.46. The van der Waals surface area contributed by atoms with Gasteiger partial charge < -0.3 is 9.73 Å². The van der Waals surface area contributed by atoms with Crippen LogP contribution in [0.5, 0.6) is 0 Å². The van der Waals surface area contributed by atoms with E-state index in [1.165, 1.54) is 0 Å². The summed E-state index contributed by atoms with van der Waals surface area (Å²) < 4.78 is 128. The van der Waals surface area contributed by atoms with Crippen molar-refractivity contribution in [1.29, 1.82) is 0 Å². The third-order valence-corrected chi connectivity index (χ3v) is 6.85. The molecule has 1 aliphatic rings. The number of carbonyl (C=O) groups is 1. The maximum absolute atomic E-state index is 13.7. The van der Waals surface area contributed by atoms with Crippen molar-refractivity contribution in [3.05, 3.63) is 64.2 Å². The quantitative estimate of drug-likeness (QED) is 0.296. The average molecular weight is 569 g/mol. The maximum Gasteiger partial charge on any atom is 0.519 e. The highest BCUT2D eigenvalue weighted by molar-refractivity contribution is 5.64. The summed E-state index contributed by atoms with van der Waals surface area (Å²) in [5.74, 6) is -2.22. The molecule has 1 heterocycles. The number of ether oxygens (including phenoxy) is 1. The lowest BCUT2D eigenvalue weighted by atomic mass is 9.73. The SMILES string of the molecule is C=NC[C@@H](c1cc(C(F)(F)F)cc(C(F)(F)F)c1)C1C[C@@H](CC)[NH+](C(=O)OCC)c2ccc(C(F)(F)F)cc21. The predicted octanol–water partition coefficient (Wildman–Crippen LogP) is 7.17. The Morgan fingerprint density at radius 3 is 1.97 bits per heavy atom. The van der Waals surface area contributed by atoms with Gasteiger partial charge in [0.2, 0.25) is 0 Å². The highest BCUT2D eigenvalue weighted by atomic mass is 19.4. The molecular formula is C26H26F9N2O2+. The Hall–Kier alpha value is -3.09. The predicted molar refractivity (Wildman–Crippen MR) is 124 cm³/mol. The zero-order chi connectivity index (χ0) is 29.3. The molecule has 1 amide bonds. The molecule has 39 heavy (non-hydrogen) atoms. The molecule has 0 bridgehead atoms. The number of nitrogens with one attached hydrogen (secondary N) is 1. The fourth-order valence-corrected chi connectivity index (χ4v) is 5.10. The van der Waals surface area contributed by atoms with Gasteiger partial charge in [0.25, 0.3) is 0 Å². The molecular weight excluding hydrogens is 543 g/mol. The van der Waals surface area contributed by atoms with Crippen molar-refractivity contribution < 1.29 is 53.9 Å². The smallest absolute Gasteiger partial charge is 0.420 e. The molecule has 2 unspecified atom stereocenters. The first-order valence-electron chi connectivity index (χ1n) is 12.0. The molecule has 3 rings (SSSR count). The fourth-order valence-electron chi connectivity index (χ4n) is 5.10. The third-order valence-electron chi connectivity index (χ3n) is 6.85. The molecule has 214 valence electrons. The van der Waals surface area contributed by atoms with Crippen LogP contribution in [0.2, 0.25) is 0 Å². The number of hydrogen-bond donors (Lipinski definition) is 1. The first-order valence-corrected chi connectivity index (χ1v) is 12.0. The number of aliphatic imine (C=N–C) groups is 1. The van der Waals surface area contributed by atoms with Gasteiger partial charge in [-0.3, -0.25) is 0 Å². The molecule has 2 aromatic carbocycles. The molecule has 0 fully saturated rings. The number of amides is 1. The summed E-state index contributed by atoms with van der Waals surface area (Å²) in [5.41, 5.74) is -4.49. The van der Waals surface area contributed by atoms with E-state index in [1.54, 1.807) is 13.8 Å². The summed E-state index contributed by atoms with van der Waals surface area (Å²) in [7, 11) is 0. The second-order valence-electron chi connectivity index (χ2n) is 9.23. The molecule has 2 aromatic rings. The van der Waals surface area contributed by atoms with Gasteiger partial charge in [-0.15, -0.1) is 0 Å². The van der Waals surface area contributed by atoms with Crippen LogP contribution in [0.15, 0.2) is 41.4 Å². The van der Waals surface area contributed by atoms with Crippen LogP contribution in [-0.2, 0) is 23.3 Å². The summed E-state index contributed by atoms with van der Waals surface area (Å²) >= 11 is 0. The van der Waals surface area contributed by atoms with Crippen LogP contribution < -0.4 is 4.90 Å². The van der Waals surface area contributed by atoms with Gasteiger partial charge in [0.05, 0.1) is 23.3 Å². The monoisotopic (exact) mass is 569 g/mol. The van der Waals surface area contributed by atoms with Gasteiger partial charge in [0.1, 0.15) is 11.7 Å². The standard InChI is InChI=1S/C26H25F9N2O2/c1-4-18-12-19(20-11-15(24(27,28)29)6-7-22(20)37(18)23(38)39-5-2)21(13-36-3)14-8-16(25(30,31)32)10-17(9-14)26(33,34)35/h6-11,18-19,21H,3-5,12-13H2,1-2H3/p+1/t18-,19?,21+/m1/s1. The topological polar surface area (TPSA) is 43.1 Å². The number of nitrogens with zero attached hydrogens (tertiary/aromatic N) is 1. The van der Waals surface area contributed by atoms with E-state index in [1.807, 2.05) is 0 Å². The number of carbonyl (C=O) groups excluding carboxylic acids is 1. The van der Waals surface area contributed by atoms with E-state index in [2.05, 4.69) is 11.7 Å². The average Bonchev–Trinajstić information content (AvgIpc) is 2.84. The third kappa shape index (κ3) is 6.56. The summed E-state index contributed by atoms with van der Waals surface area (Å²) in [6.45, 7) is 6.21. The molecule has 0 saturated carbocycles. The van der Waals surface area contributed by atoms with Crippen molar-refractivity contribution in [2.24, 2.45) is 4.99 Å². The molecule has 0 saturated heterocycles. The van der Waals surface area contributed by atoms with E-state index in [0.717, 1.165) is 18.2 Å². The minimum absolute atomic E-state index is 0.00831. The lowest BCUT2D eigenvalue weighted by molar-refractivity contribution is -0.788. The first kappa shape index (κ1) is 30.5. The summed E-state index contributed by atoms with van der Waals surface area (Å²) in [6, 6.07) is 3.19. The number of alkyl carbamates (subject to hydrolysis) is 1. The van der Waals surface area contributed by atoms with Gasteiger partial charge >= 0.3 is 24.6 Å². The summed E-state index contributed by atoms with van der Waals surface area (Å²) in [4.78, 5) is 16.7. The molecule has 0 spiro atoms. The number of alkyl halides is 9. The van der Waals surface area contributed by atoms with Crippen molar-refractivity contribution in [2.75, 3.05) is 13.2 Å². The van der Waals surface area contributed by atoms with Crippen LogP contribution in [0.3, 0.4) is 0 Å². The zero-order valence-electron chi connectivity index (χ0n) is 20.9. The van der Waals surface area contributed by atoms with E-state index in [-0.39, 0.29) is 41.8 Å². The molecule has 0 aromatic heterocycles. The molecule has 4 atom stereocenters. The Kier molecular flexibility index (Phi) is 8.73. The highest BCUT2D eigenvalue weighted by Gasteiger charge is 2.46. The number of benzene rings is 2. The largest absolute Gasteiger partial charge is 0.519 e. The van der Waals surface area contributed by atoms with Crippen molar-refractivity contribution in [2.45, 2.75) is 63.1 Å². The normalized spacial score (nSPS) is 20.7. The lowest BCUT2D eigenvalue weighted by Gasteiger charge is -2.38. The molecule has 1 N–H and O–H groups in total. The van der Waals surface area contributed by atoms with Crippen molar-refractivity contribution >= 4 is 18.5 Å². The van der Waals surface area contributed by atoms with Gasteiger partial charge in [-0.1, -0.05) is 6.92 Å². The van der Waals surface area contributed by atoms with Gasteiger partial charge in [-0.25, -0.2) is 0 Å². The number of rotatable bonds is 6. The Bertz CT molecular complexity index is 1170. The number of fused-ring (bicyclic) bond motifs is 1. The van der Waals surface area contributed by atoms with Gasteiger partial charge in [-0.05, 0) is 56.0 Å². The van der Waals surface area contributed by atoms with Gasteiger partial charge in [-0.2, -0.15) is 49.2 Å². The van der Waals surface area contributed by atoms with Crippen LogP contribution in [0.4, 0.5) is 50.0 Å². The number of halogens is 9. The Balaban J connectivity index is 2.30. The second kappa shape index (κ2) is 11.2. The molecule has 1 aliphatic heterocycles. The van der Waals surface area contributed by atoms with Crippen LogP contribution >= 0.6 is 0 Å². The van der Waals surface area contributed by atoms with E-state index < -0.39 is 64.8 Å². The Labute approximate surface area is 218 Å². The molecule has 13 heteroatoms. The van der Waals surface area contributed by atoms with E-state index in [0.29, 0.717) is 18.6 Å². The zero-order valence-corrected chi connectivity index (χ0v) is 20.9. The van der Waals surface area contributed by atoms with E-state index in [9.17, 15) is 44.3 Å². The molecule has 0 aliphatic carbocycles. The Morgan fingerprint density at radius 1 is 0.949 bits per heavy atom.